The van der Waals surface area contributed by atoms with E-state index in [4.69, 9.17) is 18.9 Å². The minimum atomic E-state index is -1.87. The van der Waals surface area contributed by atoms with E-state index in [9.17, 15) is 50.4 Å². The van der Waals surface area contributed by atoms with Crippen LogP contribution in [0.15, 0.2) is 11.6 Å². The molecule has 4 saturated carbocycles. The molecule has 0 unspecified atom stereocenters. The maximum atomic E-state index is 13.0. The second kappa shape index (κ2) is 14.2. The van der Waals surface area contributed by atoms with Gasteiger partial charge in [-0.15, -0.1) is 0 Å². The lowest BCUT2D eigenvalue weighted by molar-refractivity contribution is -0.363. The van der Waals surface area contributed by atoms with Crippen LogP contribution in [0.1, 0.15) is 113 Å². The highest BCUT2D eigenvalue weighted by Crippen LogP contribution is 2.76. The molecule has 7 aliphatic rings. The van der Waals surface area contributed by atoms with Crippen LogP contribution in [-0.2, 0) is 28.5 Å². The van der Waals surface area contributed by atoms with Crippen molar-refractivity contribution in [3.8, 4) is 0 Å². The monoisotopic (exact) mass is 794 g/mol. The molecule has 7 rings (SSSR count). The summed E-state index contributed by atoms with van der Waals surface area (Å²) in [5.41, 5.74) is 0.0426. The Kier molecular flexibility index (Phi) is 10.8. The second-order valence-corrected chi connectivity index (χ2v) is 20.7. The van der Waals surface area contributed by atoms with E-state index in [1.54, 1.807) is 0 Å². The quantitative estimate of drug-likeness (QED) is 0.137. The predicted octanol–water partition coefficient (Wildman–Crippen LogP) is 2.97. The number of ether oxygens (including phenoxy) is 4. The minimum absolute atomic E-state index is 0.0282. The number of aliphatic carboxylic acids is 2. The molecule has 6 fully saturated rings. The van der Waals surface area contributed by atoms with Gasteiger partial charge in [0.2, 0.25) is 0 Å². The van der Waals surface area contributed by atoms with Crippen molar-refractivity contribution in [2.45, 2.75) is 180 Å². The van der Waals surface area contributed by atoms with Crippen LogP contribution >= 0.6 is 0 Å². The number of carboxylic acids is 2. The summed E-state index contributed by atoms with van der Waals surface area (Å²) >= 11 is 0. The van der Waals surface area contributed by atoms with Gasteiger partial charge in [0.15, 0.2) is 18.7 Å². The van der Waals surface area contributed by atoms with Crippen LogP contribution in [0.25, 0.3) is 0 Å². The highest BCUT2D eigenvalue weighted by molar-refractivity contribution is 5.76. The number of carbonyl (C=O) groups is 2. The Morgan fingerprint density at radius 1 is 0.750 bits per heavy atom. The van der Waals surface area contributed by atoms with Gasteiger partial charge in [0.1, 0.15) is 42.7 Å². The molecule has 0 aromatic rings. The van der Waals surface area contributed by atoms with Crippen LogP contribution in [0.5, 0.6) is 0 Å². The lowest BCUT2D eigenvalue weighted by atomic mass is 9.33. The third kappa shape index (κ3) is 6.17. The molecular formula is C42H66O14. The predicted molar refractivity (Wildman–Crippen MR) is 198 cm³/mol. The van der Waals surface area contributed by atoms with Crippen LogP contribution in [0, 0.1) is 50.2 Å². The van der Waals surface area contributed by atoms with E-state index in [0.29, 0.717) is 18.8 Å². The zero-order chi connectivity index (χ0) is 41.1. The lowest BCUT2D eigenvalue weighted by Crippen LogP contribution is -2.67. The van der Waals surface area contributed by atoms with Crippen molar-refractivity contribution in [2.75, 3.05) is 6.61 Å². The van der Waals surface area contributed by atoms with Crippen molar-refractivity contribution in [1.82, 2.24) is 0 Å². The van der Waals surface area contributed by atoms with Crippen molar-refractivity contribution in [1.29, 1.82) is 0 Å². The Hall–Kier alpha value is -1.72. The molecule has 0 spiro atoms. The molecule has 2 saturated heterocycles. The lowest BCUT2D eigenvalue weighted by Gasteiger charge is -2.71. The van der Waals surface area contributed by atoms with Gasteiger partial charge in [-0.1, -0.05) is 60.1 Å². The number of aliphatic hydroxyl groups excluding tert-OH is 6. The zero-order valence-electron chi connectivity index (χ0n) is 34.0. The van der Waals surface area contributed by atoms with Gasteiger partial charge >= 0.3 is 11.9 Å². The average Bonchev–Trinajstić information content (AvgIpc) is 3.12. The second-order valence-electron chi connectivity index (χ2n) is 20.7. The summed E-state index contributed by atoms with van der Waals surface area (Å²) in [6.07, 6.45) is -6.96. The van der Waals surface area contributed by atoms with E-state index in [1.165, 1.54) is 5.57 Å². The zero-order valence-corrected chi connectivity index (χ0v) is 34.0. The first-order chi connectivity index (χ1) is 26.0. The molecule has 56 heavy (non-hydrogen) atoms. The number of rotatable bonds is 7. The number of aliphatic hydroxyl groups is 6. The maximum Gasteiger partial charge on any atom is 0.335 e. The SMILES string of the molecule is CC1(C)CC[C@]2(C(=O)O)CC[C@]3(C)C(=CC[C@@H]4[C@@]5(C)CC[C@H](O[C@@H]6O[C@H](C(=O)O)[C@@H](O[C@@H]7O[C@H](CO)[C@H](O)[C@H](O)[C@H]7O)[C@H](O)[C@H]6O)C(C)(C)[C@@H]5CC[C@]43C)[C@@H]2C1. The highest BCUT2D eigenvalue weighted by atomic mass is 16.7. The largest absolute Gasteiger partial charge is 0.481 e. The molecule has 0 amide bonds. The Morgan fingerprint density at radius 2 is 1.39 bits per heavy atom. The number of fused-ring (bicyclic) bond motifs is 7. The fourth-order valence-corrected chi connectivity index (χ4v) is 13.6. The molecular weight excluding hydrogens is 728 g/mol. The van der Waals surface area contributed by atoms with Gasteiger partial charge in [-0.05, 0) is 109 Å². The molecule has 14 nitrogen and oxygen atoms in total. The van der Waals surface area contributed by atoms with Crippen molar-refractivity contribution in [3.05, 3.63) is 11.6 Å². The van der Waals surface area contributed by atoms with Crippen LogP contribution in [0.3, 0.4) is 0 Å². The first-order valence-electron chi connectivity index (χ1n) is 20.8. The van der Waals surface area contributed by atoms with E-state index < -0.39 is 96.9 Å². The van der Waals surface area contributed by atoms with Crippen LogP contribution in [0.2, 0.25) is 0 Å². The molecule has 5 aliphatic carbocycles. The van der Waals surface area contributed by atoms with Crippen molar-refractivity contribution in [3.63, 3.8) is 0 Å². The molecule has 8 N–H and O–H groups in total. The summed E-state index contributed by atoms with van der Waals surface area (Å²) in [5.74, 6) is -1.61. The van der Waals surface area contributed by atoms with Gasteiger partial charge in [0, 0.05) is 0 Å². The summed E-state index contributed by atoms with van der Waals surface area (Å²) in [4.78, 5) is 25.5. The maximum absolute atomic E-state index is 13.0. The molecule has 0 aromatic carbocycles. The topological polar surface area (TPSA) is 233 Å². The van der Waals surface area contributed by atoms with E-state index in [0.717, 1.165) is 51.4 Å². The molecule has 2 heterocycles. The molecule has 318 valence electrons. The van der Waals surface area contributed by atoms with Crippen molar-refractivity contribution < 1.29 is 69.4 Å². The Morgan fingerprint density at radius 3 is 2.04 bits per heavy atom. The van der Waals surface area contributed by atoms with Gasteiger partial charge in [-0.3, -0.25) is 4.79 Å². The molecule has 2 aliphatic heterocycles. The average molecular weight is 795 g/mol. The summed E-state index contributed by atoms with van der Waals surface area (Å²) in [6, 6.07) is 0. The smallest absolute Gasteiger partial charge is 0.335 e. The molecule has 14 heteroatoms. The summed E-state index contributed by atoms with van der Waals surface area (Å²) in [5, 5.41) is 83.9. The molecule has 0 radical (unpaired) electrons. The van der Waals surface area contributed by atoms with Crippen molar-refractivity contribution >= 4 is 11.9 Å². The first-order valence-corrected chi connectivity index (χ1v) is 20.8. The van der Waals surface area contributed by atoms with E-state index in [-0.39, 0.29) is 33.5 Å². The van der Waals surface area contributed by atoms with Gasteiger partial charge in [-0.2, -0.15) is 0 Å². The van der Waals surface area contributed by atoms with E-state index in [1.807, 2.05) is 0 Å². The van der Waals surface area contributed by atoms with Crippen LogP contribution in [-0.4, -0.2) is 127 Å². The number of hydrogen-bond donors (Lipinski definition) is 8. The molecule has 0 aromatic heterocycles. The Labute approximate surface area is 329 Å². The van der Waals surface area contributed by atoms with Crippen LogP contribution in [0.4, 0.5) is 0 Å². The van der Waals surface area contributed by atoms with E-state index >= 15 is 0 Å². The Bertz CT molecular complexity index is 1560. The number of allylic oxidation sites excluding steroid dienone is 2. The van der Waals surface area contributed by atoms with Gasteiger partial charge in [0.25, 0.3) is 0 Å². The fourth-order valence-electron chi connectivity index (χ4n) is 13.6. The van der Waals surface area contributed by atoms with Gasteiger partial charge in [0.05, 0.1) is 18.1 Å². The minimum Gasteiger partial charge on any atom is -0.481 e. The fraction of sp³-hybridized carbons (Fsp3) is 0.905. The first kappa shape index (κ1) is 42.4. The third-order valence-electron chi connectivity index (χ3n) is 17.2. The summed E-state index contributed by atoms with van der Waals surface area (Å²) in [7, 11) is 0. The standard InChI is InChI=1S/C42H66O14/c1-37(2)14-16-42(36(51)52)17-15-40(6)20(21(42)18-37)8-9-24-39(5)12-11-25(38(3,4)23(39)10-13-41(24,40)7)54-35-30(48)28(46)31(32(56-35)33(49)50)55-34-29(47)27(45)26(44)22(19-43)53-34/h8,21-32,34-35,43-48H,9-19H2,1-7H3,(H,49,50)(H,51,52)/t21-,22+,23-,24+,25-,26-,27-,28+,29+,30+,31-,32-,34-,35+,39-,40+,41+,42-/m0/s1. The van der Waals surface area contributed by atoms with Gasteiger partial charge < -0.3 is 59.8 Å². The van der Waals surface area contributed by atoms with Gasteiger partial charge in [-0.25, -0.2) is 4.79 Å². The number of carboxylic acid groups (broad SMARTS) is 2. The Balaban J connectivity index is 1.10. The normalized spacial score (nSPS) is 52.3. The van der Waals surface area contributed by atoms with Crippen LogP contribution < -0.4 is 0 Å². The highest BCUT2D eigenvalue weighted by Gasteiger charge is 2.69. The van der Waals surface area contributed by atoms with Crippen molar-refractivity contribution in [2.24, 2.45) is 50.2 Å². The summed E-state index contributed by atoms with van der Waals surface area (Å²) in [6.45, 7) is 15.4. The molecule has 0 bridgehead atoms. The molecule has 18 atom stereocenters. The van der Waals surface area contributed by atoms with E-state index in [2.05, 4.69) is 54.5 Å². The summed E-state index contributed by atoms with van der Waals surface area (Å²) < 4.78 is 23.3. The number of hydrogen-bond acceptors (Lipinski definition) is 12. The third-order valence-corrected chi connectivity index (χ3v) is 17.2.